The molecule has 0 saturated carbocycles. The van der Waals surface area contributed by atoms with Crippen LogP contribution in [0.5, 0.6) is 0 Å². The SMILES string of the molecule is Cc1ccc2nc(-c3ccc(Cl)c(NC(=S)NC(=O)C=Cc4ccc(-c5cccc(Cl)c5Cl)o4)c3)oc2c1. The Balaban J connectivity index is 1.24. The number of hydrogen-bond acceptors (Lipinski definition) is 5. The number of benzene rings is 3. The number of hydrogen-bond donors (Lipinski definition) is 2. The molecule has 0 spiro atoms. The van der Waals surface area contributed by atoms with Crippen molar-refractivity contribution < 1.29 is 13.6 Å². The Morgan fingerprint density at radius 3 is 2.66 bits per heavy atom. The molecular weight excluding hydrogens is 565 g/mol. The predicted octanol–water partition coefficient (Wildman–Crippen LogP) is 8.55. The molecule has 0 saturated heterocycles. The van der Waals surface area contributed by atoms with Gasteiger partial charge in [0.2, 0.25) is 11.8 Å². The van der Waals surface area contributed by atoms with E-state index in [0.29, 0.717) is 54.9 Å². The van der Waals surface area contributed by atoms with Crippen LogP contribution >= 0.6 is 47.0 Å². The third-order valence-corrected chi connectivity index (χ3v) is 6.84. The average Bonchev–Trinajstić information content (AvgIpc) is 3.52. The maximum absolute atomic E-state index is 12.4. The van der Waals surface area contributed by atoms with Crippen LogP contribution in [0.25, 0.3) is 40.0 Å². The molecule has 0 atom stereocenters. The molecule has 0 unspecified atom stereocenters. The van der Waals surface area contributed by atoms with Crippen LogP contribution < -0.4 is 10.6 Å². The monoisotopic (exact) mass is 581 g/mol. The summed E-state index contributed by atoms with van der Waals surface area (Å²) < 4.78 is 11.7. The second kappa shape index (κ2) is 11.0. The Morgan fingerprint density at radius 1 is 0.974 bits per heavy atom. The molecule has 0 aliphatic rings. The molecule has 0 aliphatic heterocycles. The van der Waals surface area contributed by atoms with E-state index in [1.54, 1.807) is 48.5 Å². The Kier molecular flexibility index (Phi) is 7.53. The predicted molar refractivity (Wildman–Crippen MR) is 157 cm³/mol. The summed E-state index contributed by atoms with van der Waals surface area (Å²) >= 11 is 24.0. The molecule has 0 bridgehead atoms. The third-order valence-electron chi connectivity index (χ3n) is 5.48. The number of aromatic nitrogens is 1. The van der Waals surface area contributed by atoms with Gasteiger partial charge in [0, 0.05) is 17.2 Å². The summed E-state index contributed by atoms with van der Waals surface area (Å²) in [5.41, 5.74) is 4.37. The lowest BCUT2D eigenvalue weighted by atomic mass is 10.2. The number of aryl methyl sites for hydroxylation is 1. The minimum Gasteiger partial charge on any atom is -0.457 e. The van der Waals surface area contributed by atoms with Gasteiger partial charge in [0.1, 0.15) is 17.0 Å². The Morgan fingerprint density at radius 2 is 1.82 bits per heavy atom. The summed E-state index contributed by atoms with van der Waals surface area (Å²) in [5.74, 6) is 0.968. The molecule has 6 nitrogen and oxygen atoms in total. The first kappa shape index (κ1) is 26.0. The van der Waals surface area contributed by atoms with Crippen LogP contribution in [0.2, 0.25) is 15.1 Å². The van der Waals surface area contributed by atoms with Crippen molar-refractivity contribution in [3.8, 4) is 22.8 Å². The first-order valence-corrected chi connectivity index (χ1v) is 12.8. The Hall–Kier alpha value is -3.62. The van der Waals surface area contributed by atoms with E-state index >= 15 is 0 Å². The van der Waals surface area contributed by atoms with E-state index in [1.165, 1.54) is 12.2 Å². The number of oxazole rings is 1. The lowest BCUT2D eigenvalue weighted by Gasteiger charge is -2.10. The number of nitrogens with zero attached hydrogens (tertiary/aromatic N) is 1. The fraction of sp³-hybridized carbons (Fsp3) is 0.0357. The second-order valence-electron chi connectivity index (χ2n) is 8.26. The zero-order valence-corrected chi connectivity index (χ0v) is 22.8. The normalized spacial score (nSPS) is 11.3. The molecule has 2 heterocycles. The fourth-order valence-corrected chi connectivity index (χ4v) is 4.42. The first-order chi connectivity index (χ1) is 18.3. The summed E-state index contributed by atoms with van der Waals surface area (Å²) in [6.45, 7) is 1.99. The molecule has 5 rings (SSSR count). The van der Waals surface area contributed by atoms with Crippen LogP contribution in [0.1, 0.15) is 11.3 Å². The summed E-state index contributed by atoms with van der Waals surface area (Å²) in [7, 11) is 0. The molecule has 0 aliphatic carbocycles. The Labute approximate surface area is 238 Å². The highest BCUT2D eigenvalue weighted by atomic mass is 35.5. The van der Waals surface area contributed by atoms with Crippen LogP contribution in [0, 0.1) is 6.92 Å². The van der Waals surface area contributed by atoms with Crippen molar-refractivity contribution >= 4 is 80.9 Å². The molecule has 10 heteroatoms. The molecule has 38 heavy (non-hydrogen) atoms. The maximum atomic E-state index is 12.4. The number of nitrogens with one attached hydrogen (secondary N) is 2. The van der Waals surface area contributed by atoms with E-state index < -0.39 is 5.91 Å². The van der Waals surface area contributed by atoms with Gasteiger partial charge in [0.15, 0.2) is 10.7 Å². The van der Waals surface area contributed by atoms with Gasteiger partial charge in [-0.3, -0.25) is 10.1 Å². The standard InChI is InChI=1S/C28H18Cl3N3O3S/c1-15-5-10-21-24(13-15)37-27(32-21)16-6-9-19(29)22(14-16)33-28(38)34-25(35)12-8-17-7-11-23(36-17)18-3-2-4-20(30)26(18)31/h2-14H,1H3,(H2,33,34,35,38). The van der Waals surface area contributed by atoms with E-state index in [2.05, 4.69) is 15.6 Å². The van der Waals surface area contributed by atoms with Gasteiger partial charge in [-0.15, -0.1) is 0 Å². The average molecular weight is 583 g/mol. The molecule has 1 amide bonds. The summed E-state index contributed by atoms with van der Waals surface area (Å²) in [5, 5.41) is 6.82. The van der Waals surface area contributed by atoms with E-state index in [-0.39, 0.29) is 5.11 Å². The minimum absolute atomic E-state index is 0.0673. The zero-order valence-electron chi connectivity index (χ0n) is 19.7. The van der Waals surface area contributed by atoms with Crippen molar-refractivity contribution in [3.63, 3.8) is 0 Å². The number of carbonyl (C=O) groups excluding carboxylic acids is 1. The van der Waals surface area contributed by atoms with Gasteiger partial charge in [0.05, 0.1) is 20.8 Å². The number of halogens is 3. The molecule has 0 radical (unpaired) electrons. The molecular formula is C28H18Cl3N3O3S. The third kappa shape index (κ3) is 5.76. The molecule has 2 N–H and O–H groups in total. The lowest BCUT2D eigenvalue weighted by molar-refractivity contribution is -0.115. The van der Waals surface area contributed by atoms with Crippen LogP contribution in [-0.4, -0.2) is 16.0 Å². The van der Waals surface area contributed by atoms with Gasteiger partial charge in [-0.2, -0.15) is 0 Å². The van der Waals surface area contributed by atoms with Gasteiger partial charge < -0.3 is 14.2 Å². The van der Waals surface area contributed by atoms with Crippen LogP contribution in [-0.2, 0) is 4.79 Å². The smallest absolute Gasteiger partial charge is 0.250 e. The number of thiocarbonyl (C=S) groups is 1. The topological polar surface area (TPSA) is 80.3 Å². The number of fused-ring (bicyclic) bond motifs is 1. The minimum atomic E-state index is -0.456. The van der Waals surface area contributed by atoms with Gasteiger partial charge in [-0.1, -0.05) is 46.9 Å². The van der Waals surface area contributed by atoms with Crippen molar-refractivity contribution in [1.82, 2.24) is 10.3 Å². The van der Waals surface area contributed by atoms with Crippen molar-refractivity contribution in [1.29, 1.82) is 0 Å². The zero-order chi connectivity index (χ0) is 26.8. The number of anilines is 1. The number of amides is 1. The maximum Gasteiger partial charge on any atom is 0.250 e. The highest BCUT2D eigenvalue weighted by molar-refractivity contribution is 7.80. The highest BCUT2D eigenvalue weighted by Gasteiger charge is 2.13. The molecule has 0 fully saturated rings. The fourth-order valence-electron chi connectivity index (χ4n) is 3.66. The molecule has 2 aromatic heterocycles. The summed E-state index contributed by atoms with van der Waals surface area (Å²) in [6.07, 6.45) is 2.82. The van der Waals surface area contributed by atoms with Crippen molar-refractivity contribution in [2.45, 2.75) is 6.92 Å². The second-order valence-corrected chi connectivity index (χ2v) is 9.87. The van der Waals surface area contributed by atoms with Crippen LogP contribution in [0.3, 0.4) is 0 Å². The number of furan rings is 1. The van der Waals surface area contributed by atoms with Crippen molar-refractivity contribution in [2.24, 2.45) is 0 Å². The molecule has 5 aromatic rings. The van der Waals surface area contributed by atoms with E-state index in [4.69, 9.17) is 55.9 Å². The summed E-state index contributed by atoms with van der Waals surface area (Å²) in [6, 6.07) is 19.8. The van der Waals surface area contributed by atoms with E-state index in [0.717, 1.165) is 11.1 Å². The quantitative estimate of drug-likeness (QED) is 0.160. The van der Waals surface area contributed by atoms with E-state index in [1.807, 2.05) is 25.1 Å². The first-order valence-electron chi connectivity index (χ1n) is 11.3. The number of carbonyl (C=O) groups is 1. The molecule has 190 valence electrons. The van der Waals surface area contributed by atoms with Gasteiger partial charge >= 0.3 is 0 Å². The lowest BCUT2D eigenvalue weighted by Crippen LogP contribution is -2.32. The van der Waals surface area contributed by atoms with Crippen LogP contribution in [0.4, 0.5) is 5.69 Å². The summed E-state index contributed by atoms with van der Waals surface area (Å²) in [4.78, 5) is 17.0. The van der Waals surface area contributed by atoms with Gasteiger partial charge in [-0.05, 0) is 85.4 Å². The Bertz CT molecular complexity index is 1730. The van der Waals surface area contributed by atoms with E-state index in [9.17, 15) is 4.79 Å². The van der Waals surface area contributed by atoms with Gasteiger partial charge in [-0.25, -0.2) is 4.98 Å². The van der Waals surface area contributed by atoms with Crippen molar-refractivity contribution in [3.05, 3.63) is 99.2 Å². The van der Waals surface area contributed by atoms with Gasteiger partial charge in [0.25, 0.3) is 0 Å². The highest BCUT2D eigenvalue weighted by Crippen LogP contribution is 2.34. The largest absolute Gasteiger partial charge is 0.457 e. The molecule has 3 aromatic carbocycles. The van der Waals surface area contributed by atoms with Crippen LogP contribution in [0.15, 0.2) is 81.6 Å². The number of rotatable bonds is 5. The van der Waals surface area contributed by atoms with Crippen molar-refractivity contribution in [2.75, 3.05) is 5.32 Å².